The number of nitro groups is 1. The second-order valence-electron chi connectivity index (χ2n) is 6.57. The summed E-state index contributed by atoms with van der Waals surface area (Å²) in [4.78, 5) is 29.5. The number of piperidine rings is 1. The minimum absolute atomic E-state index is 0.125. The maximum atomic E-state index is 12.4. The minimum Gasteiger partial charge on any atom is -0.351 e. The van der Waals surface area contributed by atoms with Crippen LogP contribution >= 0.6 is 0 Å². The SMILES string of the molecule is CC1CCCCN1CCNC(=O)c1ccc(-n2ccnc2)c([N+](=O)[O-])c1. The summed E-state index contributed by atoms with van der Waals surface area (Å²) in [6, 6.07) is 5.02. The van der Waals surface area contributed by atoms with Gasteiger partial charge in [0.05, 0.1) is 11.3 Å². The highest BCUT2D eigenvalue weighted by atomic mass is 16.6. The van der Waals surface area contributed by atoms with Crippen molar-refractivity contribution in [2.24, 2.45) is 0 Å². The van der Waals surface area contributed by atoms with E-state index in [0.29, 0.717) is 18.3 Å². The van der Waals surface area contributed by atoms with Gasteiger partial charge in [-0.3, -0.25) is 19.8 Å². The summed E-state index contributed by atoms with van der Waals surface area (Å²) < 4.78 is 1.55. The summed E-state index contributed by atoms with van der Waals surface area (Å²) in [5.41, 5.74) is 0.541. The summed E-state index contributed by atoms with van der Waals surface area (Å²) in [5, 5.41) is 14.2. The summed E-state index contributed by atoms with van der Waals surface area (Å²) in [7, 11) is 0. The molecule has 0 aliphatic carbocycles. The third-order valence-corrected chi connectivity index (χ3v) is 4.84. The Kier molecular flexibility index (Phi) is 5.62. The molecule has 1 aliphatic rings. The Bertz CT molecular complexity index is 775. The Balaban J connectivity index is 1.65. The van der Waals surface area contributed by atoms with Gasteiger partial charge in [-0.25, -0.2) is 4.98 Å². The van der Waals surface area contributed by atoms with Crippen molar-refractivity contribution in [2.45, 2.75) is 32.2 Å². The van der Waals surface area contributed by atoms with E-state index in [1.807, 2.05) is 0 Å². The Hall–Kier alpha value is -2.74. The highest BCUT2D eigenvalue weighted by Gasteiger charge is 2.20. The second-order valence-corrected chi connectivity index (χ2v) is 6.57. The molecule has 1 aromatic carbocycles. The number of aromatic nitrogens is 2. The quantitative estimate of drug-likeness (QED) is 0.633. The summed E-state index contributed by atoms with van der Waals surface area (Å²) in [6.45, 7) is 4.59. The van der Waals surface area contributed by atoms with Crippen molar-refractivity contribution < 1.29 is 9.72 Å². The first kappa shape index (κ1) is 18.1. The monoisotopic (exact) mass is 357 g/mol. The van der Waals surface area contributed by atoms with E-state index in [9.17, 15) is 14.9 Å². The van der Waals surface area contributed by atoms with Crippen LogP contribution in [-0.2, 0) is 0 Å². The standard InChI is InChI=1S/C18H23N5O3/c1-14-4-2-3-9-21(14)11-8-20-18(24)15-5-6-16(17(12-15)23(25)26)22-10-7-19-13-22/h5-7,10,12-14H,2-4,8-9,11H2,1H3,(H,20,24). The van der Waals surface area contributed by atoms with Crippen LogP contribution in [0.15, 0.2) is 36.9 Å². The molecule has 1 aromatic heterocycles. The average molecular weight is 357 g/mol. The first-order valence-electron chi connectivity index (χ1n) is 8.85. The van der Waals surface area contributed by atoms with E-state index < -0.39 is 4.92 Å². The number of hydrogen-bond donors (Lipinski definition) is 1. The lowest BCUT2D eigenvalue weighted by molar-refractivity contribution is -0.384. The van der Waals surface area contributed by atoms with Crippen molar-refractivity contribution in [3.63, 3.8) is 0 Å². The van der Waals surface area contributed by atoms with Crippen LogP contribution in [0.5, 0.6) is 0 Å². The van der Waals surface area contributed by atoms with Gasteiger partial charge in [0.1, 0.15) is 5.69 Å². The number of hydrogen-bond acceptors (Lipinski definition) is 5. The molecule has 1 N–H and O–H groups in total. The molecule has 0 radical (unpaired) electrons. The molecule has 1 saturated heterocycles. The first-order valence-corrected chi connectivity index (χ1v) is 8.85. The van der Waals surface area contributed by atoms with Crippen molar-refractivity contribution in [1.82, 2.24) is 19.8 Å². The number of benzene rings is 1. The van der Waals surface area contributed by atoms with Crippen LogP contribution in [-0.4, -0.2) is 51.0 Å². The average Bonchev–Trinajstić information content (AvgIpc) is 3.17. The van der Waals surface area contributed by atoms with Gasteiger partial charge in [0.2, 0.25) is 0 Å². The molecule has 0 bridgehead atoms. The van der Waals surface area contributed by atoms with Crippen molar-refractivity contribution in [2.75, 3.05) is 19.6 Å². The number of amides is 1. The maximum absolute atomic E-state index is 12.4. The van der Waals surface area contributed by atoms with Crippen LogP contribution in [0.25, 0.3) is 5.69 Å². The molecular formula is C18H23N5O3. The second kappa shape index (κ2) is 8.09. The van der Waals surface area contributed by atoms with E-state index in [2.05, 4.69) is 22.1 Å². The number of likely N-dealkylation sites (tertiary alicyclic amines) is 1. The number of nitrogens with one attached hydrogen (secondary N) is 1. The van der Waals surface area contributed by atoms with Crippen molar-refractivity contribution in [3.8, 4) is 5.69 Å². The zero-order chi connectivity index (χ0) is 18.5. The van der Waals surface area contributed by atoms with Crippen LogP contribution in [0, 0.1) is 10.1 Å². The lowest BCUT2D eigenvalue weighted by Crippen LogP contribution is -2.42. The first-order chi connectivity index (χ1) is 12.6. The fourth-order valence-electron chi connectivity index (χ4n) is 3.34. The smallest absolute Gasteiger partial charge is 0.294 e. The van der Waals surface area contributed by atoms with Crippen molar-refractivity contribution >= 4 is 11.6 Å². The largest absolute Gasteiger partial charge is 0.351 e. The molecule has 8 nitrogen and oxygen atoms in total. The van der Waals surface area contributed by atoms with Gasteiger partial charge in [-0.2, -0.15) is 0 Å². The molecule has 1 unspecified atom stereocenters. The molecule has 3 rings (SSSR count). The van der Waals surface area contributed by atoms with Gasteiger partial charge >= 0.3 is 0 Å². The third-order valence-electron chi connectivity index (χ3n) is 4.84. The van der Waals surface area contributed by atoms with Gasteiger partial charge < -0.3 is 9.88 Å². The van der Waals surface area contributed by atoms with Gasteiger partial charge in [-0.1, -0.05) is 6.42 Å². The molecule has 1 fully saturated rings. The summed E-state index contributed by atoms with van der Waals surface area (Å²) >= 11 is 0. The Morgan fingerprint density at radius 3 is 2.96 bits per heavy atom. The Labute approximate surface area is 152 Å². The van der Waals surface area contributed by atoms with Crippen LogP contribution in [0.4, 0.5) is 5.69 Å². The highest BCUT2D eigenvalue weighted by Crippen LogP contribution is 2.24. The number of carbonyl (C=O) groups excluding carboxylic acids is 1. The number of imidazole rings is 1. The Morgan fingerprint density at radius 1 is 1.42 bits per heavy atom. The van der Waals surface area contributed by atoms with E-state index in [0.717, 1.165) is 13.1 Å². The van der Waals surface area contributed by atoms with Crippen molar-refractivity contribution in [1.29, 1.82) is 0 Å². The maximum Gasteiger partial charge on any atom is 0.294 e. The molecule has 2 aromatic rings. The molecule has 138 valence electrons. The minimum atomic E-state index is -0.485. The lowest BCUT2D eigenvalue weighted by Gasteiger charge is -2.33. The molecule has 26 heavy (non-hydrogen) atoms. The topological polar surface area (TPSA) is 93.3 Å². The van der Waals surface area contributed by atoms with Crippen LogP contribution in [0.2, 0.25) is 0 Å². The van der Waals surface area contributed by atoms with Crippen molar-refractivity contribution in [3.05, 3.63) is 52.6 Å². The number of nitro benzene ring substituents is 1. The van der Waals surface area contributed by atoms with E-state index in [-0.39, 0.29) is 17.2 Å². The van der Waals surface area contributed by atoms with Gasteiger partial charge in [0, 0.05) is 43.2 Å². The molecule has 8 heteroatoms. The number of nitrogens with zero attached hydrogens (tertiary/aromatic N) is 4. The van der Waals surface area contributed by atoms with Crippen LogP contribution < -0.4 is 5.32 Å². The third kappa shape index (κ3) is 4.08. The lowest BCUT2D eigenvalue weighted by atomic mass is 10.0. The fraction of sp³-hybridized carbons (Fsp3) is 0.444. The zero-order valence-corrected chi connectivity index (χ0v) is 14.8. The van der Waals surface area contributed by atoms with E-state index >= 15 is 0 Å². The van der Waals surface area contributed by atoms with Gasteiger partial charge in [0.25, 0.3) is 11.6 Å². The molecular weight excluding hydrogens is 334 g/mol. The fourth-order valence-corrected chi connectivity index (χ4v) is 3.34. The van der Waals surface area contributed by atoms with Crippen LogP contribution in [0.1, 0.15) is 36.5 Å². The summed E-state index contributed by atoms with van der Waals surface area (Å²) in [6.07, 6.45) is 8.31. The predicted octanol–water partition coefficient (Wildman–Crippen LogP) is 2.38. The van der Waals surface area contributed by atoms with Gasteiger partial charge in [-0.05, 0) is 38.4 Å². The summed E-state index contributed by atoms with van der Waals surface area (Å²) in [5.74, 6) is -0.296. The van der Waals surface area contributed by atoms with Gasteiger partial charge in [-0.15, -0.1) is 0 Å². The normalized spacial score (nSPS) is 17.8. The predicted molar refractivity (Wildman–Crippen MR) is 97.4 cm³/mol. The molecule has 2 heterocycles. The molecule has 1 amide bonds. The molecule has 1 aliphatic heterocycles. The van der Waals surface area contributed by atoms with E-state index in [1.165, 1.54) is 31.7 Å². The Morgan fingerprint density at radius 2 is 2.27 bits per heavy atom. The van der Waals surface area contributed by atoms with Crippen LogP contribution in [0.3, 0.4) is 0 Å². The van der Waals surface area contributed by atoms with Gasteiger partial charge in [0.15, 0.2) is 0 Å². The molecule has 0 saturated carbocycles. The number of carbonyl (C=O) groups is 1. The van der Waals surface area contributed by atoms with E-state index in [1.54, 1.807) is 29.1 Å². The number of rotatable bonds is 6. The molecule has 1 atom stereocenters. The van der Waals surface area contributed by atoms with E-state index in [4.69, 9.17) is 0 Å². The zero-order valence-electron chi connectivity index (χ0n) is 14.8. The molecule has 0 spiro atoms. The highest BCUT2D eigenvalue weighted by molar-refractivity contribution is 5.95.